The number of benzene rings is 5. The van der Waals surface area contributed by atoms with Gasteiger partial charge in [0.1, 0.15) is 5.75 Å². The van der Waals surface area contributed by atoms with Crippen molar-refractivity contribution in [1.82, 2.24) is 15.0 Å². The van der Waals surface area contributed by atoms with E-state index in [4.69, 9.17) is 9.47 Å². The molecule has 8 rings (SSSR count). The molecule has 4 atom stereocenters. The van der Waals surface area contributed by atoms with Crippen LogP contribution in [0.25, 0.3) is 0 Å². The van der Waals surface area contributed by atoms with E-state index in [9.17, 15) is 14.7 Å². The summed E-state index contributed by atoms with van der Waals surface area (Å²) in [6, 6.07) is 40.6. The highest BCUT2D eigenvalue weighted by molar-refractivity contribution is 6.91. The number of hydrogen-bond acceptors (Lipinski definition) is 8. The maximum absolute atomic E-state index is 15.6. The first-order valence-corrected chi connectivity index (χ1v) is 23.7. The van der Waals surface area contributed by atoms with Crippen molar-refractivity contribution in [2.75, 3.05) is 28.4 Å². The van der Waals surface area contributed by atoms with Gasteiger partial charge < -0.3 is 19.5 Å². The van der Waals surface area contributed by atoms with Crippen LogP contribution in [0, 0.1) is 5.92 Å². The standard InChI is InChI=1S/C48H50N6O6Si/c1-34-46(61(3,4)42-22-20-41(59-2)21-23-42)45(25-27-51-31-36(26-28-55)49-50-51)60-48(34)43-29-40(54(33-57)38-13-9-6-10-14-38)19-24-44(43)52(47(48)58)30-35-15-17-39(18-16-35)53(32-56)37-11-7-5-8-12-37/h5-24,29,31-34,45-46,55H,25-28,30H2,1-4H3/t34-,45+,46-,48+/m0/s1. The van der Waals surface area contributed by atoms with E-state index in [0.717, 1.165) is 41.1 Å². The smallest absolute Gasteiger partial charge is 0.264 e. The molecule has 1 aromatic heterocycles. The van der Waals surface area contributed by atoms with E-state index in [1.54, 1.807) is 21.6 Å². The van der Waals surface area contributed by atoms with Crippen molar-refractivity contribution in [2.45, 2.75) is 63.2 Å². The molecule has 1 N–H and O–H groups in total. The second-order valence-corrected chi connectivity index (χ2v) is 21.0. The molecule has 0 bridgehead atoms. The van der Waals surface area contributed by atoms with Gasteiger partial charge in [0.15, 0.2) is 5.60 Å². The van der Waals surface area contributed by atoms with E-state index in [1.807, 2.05) is 126 Å². The topological polar surface area (TPSA) is 130 Å². The van der Waals surface area contributed by atoms with Crippen LogP contribution >= 0.6 is 0 Å². The van der Waals surface area contributed by atoms with Crippen LogP contribution in [-0.2, 0) is 44.2 Å². The fraction of sp³-hybridized carbons (Fsp3) is 0.271. The van der Waals surface area contributed by atoms with Crippen LogP contribution in [-0.4, -0.2) is 66.7 Å². The van der Waals surface area contributed by atoms with Gasteiger partial charge in [-0.15, -0.1) is 5.10 Å². The van der Waals surface area contributed by atoms with Gasteiger partial charge in [-0.2, -0.15) is 0 Å². The summed E-state index contributed by atoms with van der Waals surface area (Å²) < 4.78 is 14.7. The molecule has 3 amide bonds. The second-order valence-electron chi connectivity index (χ2n) is 16.3. The molecule has 13 heteroatoms. The lowest BCUT2D eigenvalue weighted by atomic mass is 9.82. The number of ether oxygens (including phenoxy) is 2. The summed E-state index contributed by atoms with van der Waals surface area (Å²) in [5, 5.41) is 19.3. The van der Waals surface area contributed by atoms with Crippen molar-refractivity contribution in [3.05, 3.63) is 150 Å². The zero-order valence-electron chi connectivity index (χ0n) is 34.8. The molecular weight excluding hydrogens is 785 g/mol. The minimum Gasteiger partial charge on any atom is -0.497 e. The Morgan fingerprint density at radius 2 is 1.44 bits per heavy atom. The number of carbonyl (C=O) groups excluding carboxylic acids is 3. The Kier molecular flexibility index (Phi) is 11.7. The van der Waals surface area contributed by atoms with Gasteiger partial charge in [-0.25, -0.2) is 0 Å². The molecule has 0 unspecified atom stereocenters. The number of aliphatic hydroxyl groups excluding tert-OH is 1. The van der Waals surface area contributed by atoms with Gasteiger partial charge in [-0.1, -0.05) is 91.1 Å². The lowest BCUT2D eigenvalue weighted by Gasteiger charge is -2.37. The van der Waals surface area contributed by atoms with E-state index in [-0.39, 0.29) is 36.6 Å². The highest BCUT2D eigenvalue weighted by Crippen LogP contribution is 2.60. The van der Waals surface area contributed by atoms with Crippen molar-refractivity contribution in [3.63, 3.8) is 0 Å². The van der Waals surface area contributed by atoms with E-state index in [0.29, 0.717) is 42.1 Å². The third-order valence-corrected chi connectivity index (χ3v) is 16.9. The van der Waals surface area contributed by atoms with Gasteiger partial charge in [0.25, 0.3) is 5.91 Å². The number of aliphatic hydroxyl groups is 1. The van der Waals surface area contributed by atoms with Crippen LogP contribution in [0.5, 0.6) is 5.75 Å². The van der Waals surface area contributed by atoms with Gasteiger partial charge in [0, 0.05) is 60.0 Å². The predicted octanol–water partition coefficient (Wildman–Crippen LogP) is 7.26. The predicted molar refractivity (Wildman–Crippen MR) is 238 cm³/mol. The molecule has 12 nitrogen and oxygen atoms in total. The lowest BCUT2D eigenvalue weighted by molar-refractivity contribution is -0.146. The SMILES string of the molecule is COc1ccc([Si](C)(C)[C@@H]2[C@@H](CCn3cc(CCO)nn3)O[C@]3(C(=O)N(Cc4ccc(N(C=O)c5ccccc5)cc4)c4ccc(N(C=O)c5ccccc5)cc43)[C@H]2C)cc1. The number of rotatable bonds is 16. The fourth-order valence-electron chi connectivity index (χ4n) is 9.48. The summed E-state index contributed by atoms with van der Waals surface area (Å²) in [6.07, 6.45) is 4.07. The zero-order chi connectivity index (χ0) is 42.7. The van der Waals surface area contributed by atoms with Gasteiger partial charge >= 0.3 is 0 Å². The van der Waals surface area contributed by atoms with Gasteiger partial charge in [-0.05, 0) is 84.3 Å². The molecule has 2 aliphatic heterocycles. The minimum atomic E-state index is -2.47. The number of para-hydroxylation sites is 2. The minimum absolute atomic E-state index is 0.0188. The highest BCUT2D eigenvalue weighted by atomic mass is 28.3. The van der Waals surface area contributed by atoms with Crippen molar-refractivity contribution in [3.8, 4) is 5.75 Å². The summed E-state index contributed by atoms with van der Waals surface area (Å²) in [6.45, 7) is 7.58. The van der Waals surface area contributed by atoms with Crippen LogP contribution in [0.3, 0.4) is 0 Å². The summed E-state index contributed by atoms with van der Waals surface area (Å²) in [7, 11) is -0.809. The van der Waals surface area contributed by atoms with Crippen molar-refractivity contribution in [2.24, 2.45) is 5.92 Å². The van der Waals surface area contributed by atoms with Crippen molar-refractivity contribution < 1.29 is 29.0 Å². The third kappa shape index (κ3) is 7.64. The number of nitrogens with zero attached hydrogens (tertiary/aromatic N) is 6. The molecule has 312 valence electrons. The molecule has 0 radical (unpaired) electrons. The van der Waals surface area contributed by atoms with Gasteiger partial charge in [0.05, 0.1) is 39.2 Å². The van der Waals surface area contributed by atoms with Crippen LogP contribution in [0.1, 0.15) is 30.2 Å². The Morgan fingerprint density at radius 1 is 0.836 bits per heavy atom. The molecule has 0 aliphatic carbocycles. The number of carbonyl (C=O) groups is 3. The Labute approximate surface area is 357 Å². The second kappa shape index (κ2) is 17.3. The van der Waals surface area contributed by atoms with Crippen LogP contribution in [0.4, 0.5) is 28.4 Å². The molecule has 2 aliphatic rings. The molecule has 5 aromatic carbocycles. The third-order valence-electron chi connectivity index (χ3n) is 12.5. The molecule has 1 fully saturated rings. The van der Waals surface area contributed by atoms with E-state index >= 15 is 4.79 Å². The molecular formula is C48H50N6O6Si. The van der Waals surface area contributed by atoms with E-state index < -0.39 is 13.7 Å². The van der Waals surface area contributed by atoms with E-state index in [2.05, 4.69) is 42.5 Å². The Bertz CT molecular complexity index is 2480. The molecule has 61 heavy (non-hydrogen) atoms. The Balaban J connectivity index is 1.21. The Hall–Kier alpha value is -6.41. The molecule has 3 heterocycles. The summed E-state index contributed by atoms with van der Waals surface area (Å²) in [5.74, 6) is 0.324. The van der Waals surface area contributed by atoms with Crippen LogP contribution in [0.2, 0.25) is 18.6 Å². The largest absolute Gasteiger partial charge is 0.497 e. The quantitative estimate of drug-likeness (QED) is 0.0797. The maximum Gasteiger partial charge on any atom is 0.264 e. The first-order chi connectivity index (χ1) is 29.6. The first kappa shape index (κ1) is 41.3. The summed E-state index contributed by atoms with van der Waals surface area (Å²) in [5.41, 5.74) is 4.37. The average Bonchev–Trinajstić information content (AvgIpc) is 3.94. The lowest BCUT2D eigenvalue weighted by Crippen LogP contribution is -2.51. The number of fused-ring (bicyclic) bond motifs is 2. The normalized spacial score (nSPS) is 19.5. The fourth-order valence-corrected chi connectivity index (χ4v) is 13.5. The first-order valence-electron chi connectivity index (χ1n) is 20.6. The number of anilines is 5. The number of aryl methyl sites for hydroxylation is 1. The number of hydrogen-bond donors (Lipinski definition) is 1. The van der Waals surface area contributed by atoms with Crippen LogP contribution in [0.15, 0.2) is 134 Å². The number of amides is 3. The maximum atomic E-state index is 15.6. The van der Waals surface area contributed by atoms with Gasteiger partial charge in [-0.3, -0.25) is 28.9 Å². The molecule has 1 spiro atoms. The van der Waals surface area contributed by atoms with Crippen LogP contribution < -0.4 is 24.6 Å². The number of aromatic nitrogens is 3. The summed E-state index contributed by atoms with van der Waals surface area (Å²) in [4.78, 5) is 45.6. The molecule has 1 saturated heterocycles. The average molecular weight is 835 g/mol. The van der Waals surface area contributed by atoms with Crippen molar-refractivity contribution >= 4 is 60.4 Å². The monoisotopic (exact) mass is 834 g/mol. The van der Waals surface area contributed by atoms with Gasteiger partial charge in [0.2, 0.25) is 12.8 Å². The summed E-state index contributed by atoms with van der Waals surface area (Å²) >= 11 is 0. The van der Waals surface area contributed by atoms with Crippen molar-refractivity contribution in [1.29, 1.82) is 0 Å². The highest BCUT2D eigenvalue weighted by Gasteiger charge is 2.66. The molecule has 0 saturated carbocycles. The number of methoxy groups -OCH3 is 1. The van der Waals surface area contributed by atoms with E-state index in [1.165, 1.54) is 5.19 Å². The zero-order valence-corrected chi connectivity index (χ0v) is 35.8. The Morgan fingerprint density at radius 3 is 2.05 bits per heavy atom. The molecule has 6 aromatic rings.